The maximum absolute atomic E-state index is 11.3. The lowest BCUT2D eigenvalue weighted by Crippen LogP contribution is -2.28. The van der Waals surface area contributed by atoms with E-state index in [2.05, 4.69) is 29.7 Å². The van der Waals surface area contributed by atoms with E-state index < -0.39 is 0 Å². The van der Waals surface area contributed by atoms with Gasteiger partial charge in [0, 0.05) is 12.2 Å². The number of anilines is 1. The number of hydrogen-bond donors (Lipinski definition) is 2. The quantitative estimate of drug-likeness (QED) is 0.672. The SMILES string of the molecule is CCCCCCCc1ccc(NC(=O)NCC)cc1. The van der Waals surface area contributed by atoms with Gasteiger partial charge in [-0.15, -0.1) is 0 Å². The van der Waals surface area contributed by atoms with Gasteiger partial charge in [0.1, 0.15) is 0 Å². The lowest BCUT2D eigenvalue weighted by Gasteiger charge is -2.07. The number of nitrogens with one attached hydrogen (secondary N) is 2. The number of rotatable bonds is 8. The first-order valence-electron chi connectivity index (χ1n) is 7.40. The van der Waals surface area contributed by atoms with Gasteiger partial charge in [0.2, 0.25) is 0 Å². The standard InChI is InChI=1S/C16H26N2O/c1-3-5-6-7-8-9-14-10-12-15(13-11-14)18-16(19)17-4-2/h10-13H,3-9H2,1-2H3,(H2,17,18,19). The summed E-state index contributed by atoms with van der Waals surface area (Å²) in [5.41, 5.74) is 2.19. The molecule has 1 aromatic carbocycles. The van der Waals surface area contributed by atoms with E-state index >= 15 is 0 Å². The van der Waals surface area contributed by atoms with E-state index in [9.17, 15) is 4.79 Å². The number of aryl methyl sites for hydroxylation is 1. The van der Waals surface area contributed by atoms with Crippen molar-refractivity contribution in [1.82, 2.24) is 5.32 Å². The zero-order chi connectivity index (χ0) is 13.9. The zero-order valence-electron chi connectivity index (χ0n) is 12.2. The van der Waals surface area contributed by atoms with Crippen molar-refractivity contribution in [1.29, 1.82) is 0 Å². The minimum absolute atomic E-state index is 0.144. The molecule has 2 N–H and O–H groups in total. The first-order chi connectivity index (χ1) is 9.26. The van der Waals surface area contributed by atoms with E-state index in [0.717, 1.165) is 12.1 Å². The lowest BCUT2D eigenvalue weighted by molar-refractivity contribution is 0.252. The smallest absolute Gasteiger partial charge is 0.319 e. The predicted molar refractivity (Wildman–Crippen MR) is 81.6 cm³/mol. The molecular weight excluding hydrogens is 236 g/mol. The van der Waals surface area contributed by atoms with E-state index in [1.165, 1.54) is 37.7 Å². The summed E-state index contributed by atoms with van der Waals surface area (Å²) in [5.74, 6) is 0. The van der Waals surface area contributed by atoms with Gasteiger partial charge in [-0.05, 0) is 37.5 Å². The van der Waals surface area contributed by atoms with Crippen LogP contribution in [0.25, 0.3) is 0 Å². The summed E-state index contributed by atoms with van der Waals surface area (Å²) in [7, 11) is 0. The van der Waals surface area contributed by atoms with Crippen LogP contribution >= 0.6 is 0 Å². The minimum atomic E-state index is -0.144. The summed E-state index contributed by atoms with van der Waals surface area (Å²) in [6.45, 7) is 4.78. The van der Waals surface area contributed by atoms with Crippen LogP contribution in [0.15, 0.2) is 24.3 Å². The Bertz CT molecular complexity index is 360. The van der Waals surface area contributed by atoms with Crippen LogP contribution in [0.2, 0.25) is 0 Å². The highest BCUT2D eigenvalue weighted by atomic mass is 16.2. The van der Waals surface area contributed by atoms with Crippen LogP contribution < -0.4 is 10.6 Å². The fourth-order valence-corrected chi connectivity index (χ4v) is 2.02. The third kappa shape index (κ3) is 6.85. The molecule has 2 amide bonds. The Kier molecular flexibility index (Phi) is 7.71. The Hall–Kier alpha value is -1.51. The number of urea groups is 1. The molecule has 0 radical (unpaired) electrons. The van der Waals surface area contributed by atoms with Gasteiger partial charge < -0.3 is 10.6 Å². The van der Waals surface area contributed by atoms with Crippen molar-refractivity contribution in [3.63, 3.8) is 0 Å². The van der Waals surface area contributed by atoms with Crippen molar-refractivity contribution in [2.75, 3.05) is 11.9 Å². The molecule has 0 aromatic heterocycles. The molecule has 0 unspecified atom stereocenters. The molecule has 0 atom stereocenters. The molecule has 0 spiro atoms. The molecular formula is C16H26N2O. The monoisotopic (exact) mass is 262 g/mol. The second-order valence-electron chi connectivity index (χ2n) is 4.85. The highest BCUT2D eigenvalue weighted by Gasteiger charge is 1.99. The van der Waals surface area contributed by atoms with Crippen molar-refractivity contribution >= 4 is 11.7 Å². The highest BCUT2D eigenvalue weighted by Crippen LogP contribution is 2.13. The highest BCUT2D eigenvalue weighted by molar-refractivity contribution is 5.89. The van der Waals surface area contributed by atoms with Gasteiger partial charge >= 0.3 is 6.03 Å². The molecule has 1 rings (SSSR count). The Morgan fingerprint density at radius 3 is 2.32 bits per heavy atom. The first-order valence-corrected chi connectivity index (χ1v) is 7.40. The number of amides is 2. The molecule has 0 aliphatic rings. The van der Waals surface area contributed by atoms with Crippen LogP contribution in [0.4, 0.5) is 10.5 Å². The van der Waals surface area contributed by atoms with Crippen molar-refractivity contribution in [3.05, 3.63) is 29.8 Å². The van der Waals surface area contributed by atoms with Gasteiger partial charge in [-0.1, -0.05) is 44.7 Å². The predicted octanol–water partition coefficient (Wildman–Crippen LogP) is 4.34. The number of carbonyl (C=O) groups excluding carboxylic acids is 1. The van der Waals surface area contributed by atoms with Crippen LogP contribution in [0.1, 0.15) is 51.5 Å². The van der Waals surface area contributed by atoms with Gasteiger partial charge in [-0.2, -0.15) is 0 Å². The topological polar surface area (TPSA) is 41.1 Å². The largest absolute Gasteiger partial charge is 0.338 e. The first kappa shape index (κ1) is 15.5. The molecule has 0 fully saturated rings. The second kappa shape index (κ2) is 9.42. The fourth-order valence-electron chi connectivity index (χ4n) is 2.02. The van der Waals surface area contributed by atoms with Crippen molar-refractivity contribution in [2.45, 2.75) is 52.4 Å². The summed E-state index contributed by atoms with van der Waals surface area (Å²) >= 11 is 0. The maximum Gasteiger partial charge on any atom is 0.319 e. The zero-order valence-corrected chi connectivity index (χ0v) is 12.2. The molecule has 0 aliphatic carbocycles. The van der Waals surface area contributed by atoms with E-state index in [1.54, 1.807) is 0 Å². The van der Waals surface area contributed by atoms with E-state index in [0.29, 0.717) is 6.54 Å². The molecule has 0 bridgehead atoms. The van der Waals surface area contributed by atoms with Gasteiger partial charge in [0.25, 0.3) is 0 Å². The van der Waals surface area contributed by atoms with Gasteiger partial charge in [-0.3, -0.25) is 0 Å². The number of hydrogen-bond acceptors (Lipinski definition) is 1. The third-order valence-corrected chi connectivity index (χ3v) is 3.12. The molecule has 3 heteroatoms. The van der Waals surface area contributed by atoms with Gasteiger partial charge in [0.05, 0.1) is 0 Å². The summed E-state index contributed by atoms with van der Waals surface area (Å²) in [6.07, 6.45) is 7.67. The van der Waals surface area contributed by atoms with Crippen molar-refractivity contribution in [3.8, 4) is 0 Å². The molecule has 0 saturated heterocycles. The summed E-state index contributed by atoms with van der Waals surface area (Å²) in [4.78, 5) is 11.3. The normalized spacial score (nSPS) is 10.2. The Morgan fingerprint density at radius 2 is 1.68 bits per heavy atom. The lowest BCUT2D eigenvalue weighted by atomic mass is 10.1. The van der Waals surface area contributed by atoms with Crippen LogP contribution in [0, 0.1) is 0 Å². The number of benzene rings is 1. The molecule has 0 heterocycles. The van der Waals surface area contributed by atoms with Gasteiger partial charge in [0.15, 0.2) is 0 Å². The average molecular weight is 262 g/mol. The molecule has 0 aliphatic heterocycles. The second-order valence-corrected chi connectivity index (χ2v) is 4.85. The van der Waals surface area contributed by atoms with Crippen LogP contribution in [0.3, 0.4) is 0 Å². The van der Waals surface area contributed by atoms with E-state index in [-0.39, 0.29) is 6.03 Å². The van der Waals surface area contributed by atoms with E-state index in [1.807, 2.05) is 19.1 Å². The number of unbranched alkanes of at least 4 members (excludes halogenated alkanes) is 4. The third-order valence-electron chi connectivity index (χ3n) is 3.12. The van der Waals surface area contributed by atoms with Gasteiger partial charge in [-0.25, -0.2) is 4.79 Å². The van der Waals surface area contributed by atoms with E-state index in [4.69, 9.17) is 0 Å². The summed E-state index contributed by atoms with van der Waals surface area (Å²) < 4.78 is 0. The Balaban J connectivity index is 2.29. The minimum Gasteiger partial charge on any atom is -0.338 e. The summed E-state index contributed by atoms with van der Waals surface area (Å²) in [6, 6.07) is 7.99. The Morgan fingerprint density at radius 1 is 1.00 bits per heavy atom. The molecule has 19 heavy (non-hydrogen) atoms. The van der Waals surface area contributed by atoms with Crippen LogP contribution in [-0.4, -0.2) is 12.6 Å². The van der Waals surface area contributed by atoms with Crippen LogP contribution in [0.5, 0.6) is 0 Å². The van der Waals surface area contributed by atoms with Crippen molar-refractivity contribution < 1.29 is 4.79 Å². The molecule has 106 valence electrons. The average Bonchev–Trinajstić information content (AvgIpc) is 2.41. The molecule has 1 aromatic rings. The van der Waals surface area contributed by atoms with Crippen LogP contribution in [-0.2, 0) is 6.42 Å². The molecule has 0 saturated carbocycles. The Labute approximate surface area is 116 Å². The molecule has 3 nitrogen and oxygen atoms in total. The van der Waals surface area contributed by atoms with Crippen molar-refractivity contribution in [2.24, 2.45) is 0 Å². The maximum atomic E-state index is 11.3. The summed E-state index contributed by atoms with van der Waals surface area (Å²) in [5, 5.41) is 5.52. The number of carbonyl (C=O) groups is 1. The fraction of sp³-hybridized carbons (Fsp3) is 0.562.